The van der Waals surface area contributed by atoms with E-state index in [-0.39, 0.29) is 12.0 Å². The fraction of sp³-hybridized carbons (Fsp3) is 0.333. The van der Waals surface area contributed by atoms with Crippen molar-refractivity contribution in [2.75, 3.05) is 0 Å². The van der Waals surface area contributed by atoms with Crippen LogP contribution in [-0.4, -0.2) is 10.9 Å². The molecule has 1 amide bonds. The first-order valence-electron chi connectivity index (χ1n) is 7.93. The van der Waals surface area contributed by atoms with Gasteiger partial charge in [-0.15, -0.1) is 0 Å². The van der Waals surface area contributed by atoms with E-state index in [4.69, 9.17) is 0 Å². The number of hydrogen-bond acceptors (Lipinski definition) is 2. The first-order valence-corrected chi connectivity index (χ1v) is 7.93. The van der Waals surface area contributed by atoms with Gasteiger partial charge in [0.25, 0.3) is 11.5 Å². The summed E-state index contributed by atoms with van der Waals surface area (Å²) in [5, 5.41) is 2.75. The maximum absolute atomic E-state index is 12.8. The lowest BCUT2D eigenvalue weighted by Crippen LogP contribution is -2.34. The molecule has 4 nitrogen and oxygen atoms in total. The van der Waals surface area contributed by atoms with Crippen LogP contribution in [0.15, 0.2) is 41.3 Å². The number of aryl methyl sites for hydroxylation is 1. The number of amides is 1. The summed E-state index contributed by atoms with van der Waals surface area (Å²) < 4.78 is 38.5. The number of carbonyl (C=O) groups excluding carboxylic acids is 1. The molecular formula is C18H17F3N2O2. The van der Waals surface area contributed by atoms with Crippen LogP contribution in [0.4, 0.5) is 13.2 Å². The van der Waals surface area contributed by atoms with Gasteiger partial charge in [0, 0.05) is 6.20 Å². The van der Waals surface area contributed by atoms with Crippen molar-refractivity contribution in [1.29, 1.82) is 0 Å². The number of H-pyrrole nitrogens is 1. The lowest BCUT2D eigenvalue weighted by atomic mass is 9.97. The van der Waals surface area contributed by atoms with Gasteiger partial charge in [-0.05, 0) is 42.9 Å². The van der Waals surface area contributed by atoms with E-state index in [2.05, 4.69) is 5.32 Å². The standard InChI is InChI=1S/C18H17F3N2O2/c1-10-4-2-3-5-13(10)15(11-6-7-11)23-17(25)14-8-12(18(19,20)21)9-22-16(14)24/h2-5,8-9,11,15H,6-7H2,1H3,(H,22,24)(H,23,25). The molecule has 1 atom stereocenters. The molecule has 0 aliphatic heterocycles. The average molecular weight is 350 g/mol. The molecular weight excluding hydrogens is 333 g/mol. The molecule has 1 aliphatic rings. The van der Waals surface area contributed by atoms with Crippen LogP contribution in [0.25, 0.3) is 0 Å². The molecule has 2 N–H and O–H groups in total. The Kier molecular flexibility index (Phi) is 4.41. The Morgan fingerprint density at radius 2 is 1.96 bits per heavy atom. The highest BCUT2D eigenvalue weighted by molar-refractivity contribution is 5.94. The number of rotatable bonds is 4. The van der Waals surface area contributed by atoms with Crippen molar-refractivity contribution in [3.63, 3.8) is 0 Å². The van der Waals surface area contributed by atoms with Crippen molar-refractivity contribution in [3.8, 4) is 0 Å². The molecule has 1 heterocycles. The van der Waals surface area contributed by atoms with E-state index < -0.39 is 28.8 Å². The molecule has 0 saturated heterocycles. The monoisotopic (exact) mass is 350 g/mol. The van der Waals surface area contributed by atoms with Gasteiger partial charge in [0.2, 0.25) is 0 Å². The lowest BCUT2D eigenvalue weighted by molar-refractivity contribution is -0.137. The van der Waals surface area contributed by atoms with Crippen molar-refractivity contribution >= 4 is 5.91 Å². The summed E-state index contributed by atoms with van der Waals surface area (Å²) >= 11 is 0. The molecule has 0 spiro atoms. The average Bonchev–Trinajstić information content (AvgIpc) is 3.37. The van der Waals surface area contributed by atoms with Crippen molar-refractivity contribution in [3.05, 3.63) is 69.1 Å². The lowest BCUT2D eigenvalue weighted by Gasteiger charge is -2.21. The van der Waals surface area contributed by atoms with E-state index in [1.807, 2.05) is 36.2 Å². The van der Waals surface area contributed by atoms with E-state index in [0.29, 0.717) is 12.3 Å². The molecule has 1 unspecified atom stereocenters. The van der Waals surface area contributed by atoms with Crippen LogP contribution in [0, 0.1) is 12.8 Å². The third kappa shape index (κ3) is 3.75. The van der Waals surface area contributed by atoms with Gasteiger partial charge in [-0.1, -0.05) is 24.3 Å². The molecule has 132 valence electrons. The van der Waals surface area contributed by atoms with Gasteiger partial charge in [-0.3, -0.25) is 9.59 Å². The second kappa shape index (κ2) is 6.38. The van der Waals surface area contributed by atoms with Crippen LogP contribution in [0.2, 0.25) is 0 Å². The summed E-state index contributed by atoms with van der Waals surface area (Å²) in [4.78, 5) is 26.3. The predicted octanol–water partition coefficient (Wildman–Crippen LogP) is 3.58. The molecule has 3 rings (SSSR count). The van der Waals surface area contributed by atoms with Crippen LogP contribution in [0.1, 0.15) is 45.9 Å². The minimum Gasteiger partial charge on any atom is -0.345 e. The van der Waals surface area contributed by atoms with E-state index >= 15 is 0 Å². The predicted molar refractivity (Wildman–Crippen MR) is 86.2 cm³/mol. The highest BCUT2D eigenvalue weighted by atomic mass is 19.4. The molecule has 0 bridgehead atoms. The summed E-state index contributed by atoms with van der Waals surface area (Å²) in [6.45, 7) is 1.91. The van der Waals surface area contributed by atoms with Crippen LogP contribution < -0.4 is 10.9 Å². The molecule has 0 radical (unpaired) electrons. The number of alkyl halides is 3. The molecule has 1 saturated carbocycles. The Hall–Kier alpha value is -2.57. The summed E-state index contributed by atoms with van der Waals surface area (Å²) in [6.07, 6.45) is -2.21. The minimum absolute atomic E-state index is 0.231. The summed E-state index contributed by atoms with van der Waals surface area (Å²) in [5.41, 5.74) is -0.533. The maximum Gasteiger partial charge on any atom is 0.417 e. The normalized spacial score (nSPS) is 15.7. The molecule has 25 heavy (non-hydrogen) atoms. The van der Waals surface area contributed by atoms with E-state index in [1.165, 1.54) is 0 Å². The number of aromatic amines is 1. The van der Waals surface area contributed by atoms with Crippen LogP contribution >= 0.6 is 0 Å². The molecule has 2 aromatic rings. The largest absolute Gasteiger partial charge is 0.417 e. The van der Waals surface area contributed by atoms with Crippen molar-refractivity contribution < 1.29 is 18.0 Å². The molecule has 7 heteroatoms. The first-order chi connectivity index (χ1) is 11.8. The van der Waals surface area contributed by atoms with Gasteiger partial charge in [0.15, 0.2) is 0 Å². The number of carbonyl (C=O) groups is 1. The van der Waals surface area contributed by atoms with Gasteiger partial charge in [0.05, 0.1) is 11.6 Å². The highest BCUT2D eigenvalue weighted by Crippen LogP contribution is 2.42. The first kappa shape index (κ1) is 17.3. The number of nitrogens with one attached hydrogen (secondary N) is 2. The van der Waals surface area contributed by atoms with Crippen LogP contribution in [0.3, 0.4) is 0 Å². The second-order valence-electron chi connectivity index (χ2n) is 6.27. The molecule has 1 fully saturated rings. The SMILES string of the molecule is Cc1ccccc1C(NC(=O)c1cc(C(F)(F)F)c[nH]c1=O)C1CC1. The van der Waals surface area contributed by atoms with Gasteiger partial charge < -0.3 is 10.3 Å². The quantitative estimate of drug-likeness (QED) is 0.885. The highest BCUT2D eigenvalue weighted by Gasteiger charge is 2.36. The zero-order valence-electron chi connectivity index (χ0n) is 13.5. The number of pyridine rings is 1. The summed E-state index contributed by atoms with van der Waals surface area (Å²) in [5.74, 6) is -0.567. The Balaban J connectivity index is 1.91. The second-order valence-corrected chi connectivity index (χ2v) is 6.27. The Bertz CT molecular complexity index is 854. The molecule has 1 aliphatic carbocycles. The smallest absolute Gasteiger partial charge is 0.345 e. The molecule has 1 aromatic carbocycles. The third-order valence-corrected chi connectivity index (χ3v) is 4.38. The van der Waals surface area contributed by atoms with Crippen LogP contribution in [0.5, 0.6) is 0 Å². The van der Waals surface area contributed by atoms with Crippen molar-refractivity contribution in [2.24, 2.45) is 5.92 Å². The third-order valence-electron chi connectivity index (χ3n) is 4.38. The zero-order chi connectivity index (χ0) is 18.2. The number of aromatic nitrogens is 1. The number of benzene rings is 1. The van der Waals surface area contributed by atoms with Gasteiger partial charge in [-0.25, -0.2) is 0 Å². The Morgan fingerprint density at radius 3 is 2.56 bits per heavy atom. The van der Waals surface area contributed by atoms with E-state index in [9.17, 15) is 22.8 Å². The maximum atomic E-state index is 12.8. The fourth-order valence-corrected chi connectivity index (χ4v) is 2.85. The van der Waals surface area contributed by atoms with Crippen molar-refractivity contribution in [1.82, 2.24) is 10.3 Å². The van der Waals surface area contributed by atoms with Crippen molar-refractivity contribution in [2.45, 2.75) is 32.0 Å². The van der Waals surface area contributed by atoms with E-state index in [0.717, 1.165) is 24.0 Å². The number of hydrogen-bond donors (Lipinski definition) is 2. The van der Waals surface area contributed by atoms with Gasteiger partial charge in [-0.2, -0.15) is 13.2 Å². The summed E-state index contributed by atoms with van der Waals surface area (Å²) in [6, 6.07) is 7.80. The summed E-state index contributed by atoms with van der Waals surface area (Å²) in [7, 11) is 0. The van der Waals surface area contributed by atoms with E-state index in [1.54, 1.807) is 0 Å². The topological polar surface area (TPSA) is 62.0 Å². The Morgan fingerprint density at radius 1 is 1.28 bits per heavy atom. The van der Waals surface area contributed by atoms with Gasteiger partial charge in [0.1, 0.15) is 5.56 Å². The molecule has 1 aromatic heterocycles. The van der Waals surface area contributed by atoms with Gasteiger partial charge >= 0.3 is 6.18 Å². The number of halogens is 3. The fourth-order valence-electron chi connectivity index (χ4n) is 2.85. The zero-order valence-corrected chi connectivity index (χ0v) is 13.5. The Labute approximate surface area is 142 Å². The van der Waals surface area contributed by atoms with Crippen LogP contribution in [-0.2, 0) is 6.18 Å². The minimum atomic E-state index is -4.63.